The van der Waals surface area contributed by atoms with E-state index in [1.807, 2.05) is 0 Å². The van der Waals surface area contributed by atoms with E-state index in [1.54, 1.807) is 0 Å². The lowest BCUT2D eigenvalue weighted by Gasteiger charge is -2.25. The zero-order valence-corrected chi connectivity index (χ0v) is 37.0. The molecule has 0 spiro atoms. The SMILES string of the molecule is C[C@H](NC(=O)[C@H](CCCN=C(N)N)NC(=O)CNC(=O)CNC(=O)[C@H](CCCCN)NC(=O)[C@@H](N)CS)C(=O)N[C@@H](CCCCN)C(=O)N[C@@H](CC(=O)O)C(=O)N[C@@H](CS)C(N)=O. The number of hydrogen-bond donors (Lipinski definition) is 17. The summed E-state index contributed by atoms with van der Waals surface area (Å²) in [5.74, 6) is -9.52. The predicted octanol–water partition coefficient (Wildman–Crippen LogP) is -7.39. The number of rotatable bonds is 33. The first kappa shape index (κ1) is 57.5. The molecular formula is C35H65N15O11S2. The smallest absolute Gasteiger partial charge is 0.305 e. The number of nitrogens with one attached hydrogen (secondary N) is 8. The van der Waals surface area contributed by atoms with Crippen molar-refractivity contribution in [3.63, 3.8) is 0 Å². The number of guanidine groups is 1. The van der Waals surface area contributed by atoms with E-state index in [0.717, 1.165) is 0 Å². The van der Waals surface area contributed by atoms with Gasteiger partial charge in [-0.2, -0.15) is 25.3 Å². The van der Waals surface area contributed by atoms with Crippen LogP contribution in [-0.2, 0) is 47.9 Å². The van der Waals surface area contributed by atoms with Crippen LogP contribution in [0.25, 0.3) is 0 Å². The highest BCUT2D eigenvalue weighted by molar-refractivity contribution is 7.80. The molecule has 0 aromatic heterocycles. The van der Waals surface area contributed by atoms with Gasteiger partial charge >= 0.3 is 5.97 Å². The lowest BCUT2D eigenvalue weighted by atomic mass is 10.1. The summed E-state index contributed by atoms with van der Waals surface area (Å²) < 4.78 is 0. The zero-order chi connectivity index (χ0) is 48.1. The van der Waals surface area contributed by atoms with Gasteiger partial charge in [0.15, 0.2) is 5.96 Å². The molecule has 0 saturated carbocycles. The highest BCUT2D eigenvalue weighted by atomic mass is 32.1. The van der Waals surface area contributed by atoms with E-state index < -0.39 is 121 Å². The summed E-state index contributed by atoms with van der Waals surface area (Å²) in [4.78, 5) is 131. The van der Waals surface area contributed by atoms with E-state index in [2.05, 4.69) is 72.8 Å². The molecule has 0 aliphatic carbocycles. The quantitative estimate of drug-likeness (QED) is 0.0126. The van der Waals surface area contributed by atoms with Gasteiger partial charge in [-0.05, 0) is 71.4 Å². The average molecular weight is 936 g/mol. The van der Waals surface area contributed by atoms with Gasteiger partial charge in [0.05, 0.1) is 25.6 Å². The molecule has 0 bridgehead atoms. The minimum atomic E-state index is -1.69. The van der Waals surface area contributed by atoms with Gasteiger partial charge in [-0.1, -0.05) is 0 Å². The Hall–Kier alpha value is -5.45. The van der Waals surface area contributed by atoms with Crippen LogP contribution in [-0.4, -0.2) is 157 Å². The van der Waals surface area contributed by atoms with Crippen LogP contribution in [0.5, 0.6) is 0 Å². The molecule has 0 unspecified atom stereocenters. The normalized spacial score (nSPS) is 14.1. The summed E-state index contributed by atoms with van der Waals surface area (Å²) in [5.41, 5.74) is 32.8. The van der Waals surface area contributed by atoms with Gasteiger partial charge in [0.25, 0.3) is 0 Å². The second kappa shape index (κ2) is 32.3. The molecular weight excluding hydrogens is 871 g/mol. The van der Waals surface area contributed by atoms with Crippen LogP contribution in [0, 0.1) is 0 Å². The van der Waals surface area contributed by atoms with E-state index in [-0.39, 0.29) is 56.2 Å². The Morgan fingerprint density at radius 1 is 0.556 bits per heavy atom. The maximum absolute atomic E-state index is 13.4. The van der Waals surface area contributed by atoms with Crippen molar-refractivity contribution in [3.8, 4) is 0 Å². The number of aliphatic imine (C=N–C) groups is 1. The Kier molecular flexibility index (Phi) is 29.5. The molecule has 21 N–H and O–H groups in total. The number of carbonyl (C=O) groups excluding carboxylic acids is 9. The number of carboxylic acids is 1. The number of primary amides is 1. The van der Waals surface area contributed by atoms with Crippen LogP contribution in [0.2, 0.25) is 0 Å². The summed E-state index contributed by atoms with van der Waals surface area (Å²) in [6.07, 6.45) is 1.20. The third-order valence-electron chi connectivity index (χ3n) is 8.77. The van der Waals surface area contributed by atoms with Crippen LogP contribution in [0.4, 0.5) is 0 Å². The fraction of sp³-hybridized carbons (Fsp3) is 0.686. The first-order valence-electron chi connectivity index (χ1n) is 20.0. The first-order chi connectivity index (χ1) is 29.7. The molecule has 0 heterocycles. The van der Waals surface area contributed by atoms with Crippen molar-refractivity contribution in [3.05, 3.63) is 0 Å². The second-order valence-electron chi connectivity index (χ2n) is 14.1. The molecule has 63 heavy (non-hydrogen) atoms. The van der Waals surface area contributed by atoms with Gasteiger partial charge in [0.2, 0.25) is 53.2 Å². The highest BCUT2D eigenvalue weighted by Gasteiger charge is 2.32. The minimum absolute atomic E-state index is 0.0205. The molecule has 7 atom stereocenters. The first-order valence-corrected chi connectivity index (χ1v) is 21.3. The van der Waals surface area contributed by atoms with Gasteiger partial charge in [0, 0.05) is 18.1 Å². The number of unbranched alkanes of at least 4 members (excludes halogenated alkanes) is 2. The second-order valence-corrected chi connectivity index (χ2v) is 14.8. The fourth-order valence-electron chi connectivity index (χ4n) is 5.25. The number of carboxylic acid groups (broad SMARTS) is 1. The largest absolute Gasteiger partial charge is 0.481 e. The van der Waals surface area contributed by atoms with E-state index in [4.69, 9.17) is 34.4 Å². The molecule has 0 aliphatic heterocycles. The molecule has 0 aliphatic rings. The van der Waals surface area contributed by atoms with Crippen molar-refractivity contribution in [2.24, 2.45) is 39.4 Å². The Labute approximate surface area is 375 Å². The van der Waals surface area contributed by atoms with Crippen molar-refractivity contribution in [2.45, 2.75) is 107 Å². The van der Waals surface area contributed by atoms with Crippen LogP contribution < -0.4 is 76.9 Å². The topological polar surface area (TPSA) is 456 Å². The van der Waals surface area contributed by atoms with E-state index in [9.17, 15) is 53.1 Å². The van der Waals surface area contributed by atoms with Gasteiger partial charge in [-0.15, -0.1) is 0 Å². The maximum Gasteiger partial charge on any atom is 0.305 e. The third kappa shape index (κ3) is 25.3. The summed E-state index contributed by atoms with van der Waals surface area (Å²) in [6, 6.07) is -8.97. The van der Waals surface area contributed by atoms with Crippen molar-refractivity contribution in [2.75, 3.05) is 44.2 Å². The van der Waals surface area contributed by atoms with Crippen molar-refractivity contribution in [1.29, 1.82) is 0 Å². The molecule has 0 aromatic carbocycles. The molecule has 0 rings (SSSR count). The molecule has 26 nitrogen and oxygen atoms in total. The van der Waals surface area contributed by atoms with Crippen LogP contribution in [0.3, 0.4) is 0 Å². The molecule has 0 fully saturated rings. The predicted molar refractivity (Wildman–Crippen MR) is 236 cm³/mol. The van der Waals surface area contributed by atoms with Crippen molar-refractivity contribution in [1.82, 2.24) is 42.5 Å². The molecule has 0 saturated heterocycles. The van der Waals surface area contributed by atoms with Gasteiger partial charge < -0.3 is 82.0 Å². The third-order valence-corrected chi connectivity index (χ3v) is 9.52. The molecule has 28 heteroatoms. The number of hydrogen-bond acceptors (Lipinski definition) is 16. The maximum atomic E-state index is 13.4. The summed E-state index contributed by atoms with van der Waals surface area (Å²) in [5, 5.41) is 28.4. The van der Waals surface area contributed by atoms with Crippen LogP contribution in [0.15, 0.2) is 4.99 Å². The minimum Gasteiger partial charge on any atom is -0.481 e. The molecule has 9 amide bonds. The van der Waals surface area contributed by atoms with Crippen LogP contribution in [0.1, 0.15) is 64.7 Å². The number of nitrogens with zero attached hydrogens (tertiary/aromatic N) is 1. The number of aliphatic carboxylic acids is 1. The van der Waals surface area contributed by atoms with Gasteiger partial charge in [-0.25, -0.2) is 0 Å². The molecule has 0 aromatic rings. The summed E-state index contributed by atoms with van der Waals surface area (Å²) in [6.45, 7) is 0.705. The lowest BCUT2D eigenvalue weighted by molar-refractivity contribution is -0.141. The molecule has 358 valence electrons. The highest BCUT2D eigenvalue weighted by Crippen LogP contribution is 2.06. The van der Waals surface area contributed by atoms with E-state index in [1.165, 1.54) is 6.92 Å². The zero-order valence-electron chi connectivity index (χ0n) is 35.2. The average Bonchev–Trinajstić information content (AvgIpc) is 3.22. The van der Waals surface area contributed by atoms with Crippen LogP contribution >= 0.6 is 25.3 Å². The Morgan fingerprint density at radius 2 is 1.03 bits per heavy atom. The van der Waals surface area contributed by atoms with E-state index >= 15 is 0 Å². The summed E-state index contributed by atoms with van der Waals surface area (Å²) >= 11 is 7.91. The van der Waals surface area contributed by atoms with Gasteiger partial charge in [-0.3, -0.25) is 52.9 Å². The van der Waals surface area contributed by atoms with Crippen molar-refractivity contribution < 1.29 is 53.1 Å². The van der Waals surface area contributed by atoms with Gasteiger partial charge in [0.1, 0.15) is 36.3 Å². The Morgan fingerprint density at radius 3 is 1.56 bits per heavy atom. The summed E-state index contributed by atoms with van der Waals surface area (Å²) in [7, 11) is 0. The standard InChI is InChI=1S/C35H65N15O11S2/c1-18(29(56)47-22(8-3-5-11-37)33(60)49-23(13-27(53)54)34(61)50-24(17-63)28(39)55)45-32(59)21(9-6-12-42-35(40)41)46-26(52)15-43-25(51)14-44-31(58)20(7-2-4-10-36)48-30(57)19(38)16-62/h18-24,62-63H,2-17,36-38H2,1H3,(H2,39,55)(H,43,51)(H,44,58)(H,45,59)(H,46,52)(H,47,56)(H,48,57)(H,49,60)(H,50,61)(H,53,54)(H4,40,41,42)/t18-,19-,20-,21-,22-,23-,24-/m0/s1. The number of thiol groups is 2. The number of amides is 9. The molecule has 0 radical (unpaired) electrons. The number of nitrogens with two attached hydrogens (primary N) is 6. The van der Waals surface area contributed by atoms with Crippen molar-refractivity contribution >= 4 is 90.4 Å². The fourth-order valence-corrected chi connectivity index (χ4v) is 5.68. The van der Waals surface area contributed by atoms with E-state index in [0.29, 0.717) is 32.2 Å². The Bertz CT molecular complexity index is 1590. The monoisotopic (exact) mass is 935 g/mol. The lowest BCUT2D eigenvalue weighted by Crippen LogP contribution is -2.59. The Balaban J connectivity index is 5.80. The number of carbonyl (C=O) groups is 10.